The lowest BCUT2D eigenvalue weighted by atomic mass is 9.97. The highest BCUT2D eigenvalue weighted by Crippen LogP contribution is 2.18. The number of methoxy groups -OCH3 is 1. The molecule has 1 aromatic rings. The molecule has 0 aromatic heterocycles. The second kappa shape index (κ2) is 7.43. The van der Waals surface area contributed by atoms with Crippen LogP contribution >= 0.6 is 0 Å². The first-order valence-corrected chi connectivity index (χ1v) is 7.41. The molecule has 5 nitrogen and oxygen atoms in total. The molecule has 1 aromatic carbocycles. The Kier molecular flexibility index (Phi) is 5.59. The number of aromatic hydroxyl groups is 1. The van der Waals surface area contributed by atoms with Gasteiger partial charge >= 0.3 is 0 Å². The van der Waals surface area contributed by atoms with Gasteiger partial charge in [-0.25, -0.2) is 0 Å². The topological polar surface area (TPSA) is 75.8 Å². The molecule has 1 amide bonds. The van der Waals surface area contributed by atoms with Crippen LogP contribution in [0.25, 0.3) is 0 Å². The van der Waals surface area contributed by atoms with Crippen molar-refractivity contribution in [2.24, 2.45) is 11.7 Å². The predicted octanol–water partition coefficient (Wildman–Crippen LogP) is 1.15. The largest absolute Gasteiger partial charge is 0.508 e. The fourth-order valence-electron chi connectivity index (χ4n) is 2.84. The number of nitrogens with two attached hydrogens (primary N) is 1. The molecule has 1 aliphatic heterocycles. The number of hydrogen-bond acceptors (Lipinski definition) is 4. The summed E-state index contributed by atoms with van der Waals surface area (Å²) in [6.45, 7) is 2.20. The van der Waals surface area contributed by atoms with Gasteiger partial charge in [0.2, 0.25) is 5.91 Å². The highest BCUT2D eigenvalue weighted by atomic mass is 16.5. The normalized spacial score (nSPS) is 20.3. The third kappa shape index (κ3) is 4.44. The standard InChI is InChI=1S/C16H24N2O3/c1-21-11-13-3-2-8-18(10-13)16(20)15(17)9-12-4-6-14(19)7-5-12/h4-7,13,15,19H,2-3,8-11,17H2,1H3. The number of likely N-dealkylation sites (tertiary alicyclic amines) is 1. The molecule has 2 unspecified atom stereocenters. The molecule has 0 bridgehead atoms. The molecule has 2 atom stereocenters. The Balaban J connectivity index is 1.90. The van der Waals surface area contributed by atoms with Gasteiger partial charge in [0.1, 0.15) is 5.75 Å². The van der Waals surface area contributed by atoms with E-state index in [1.54, 1.807) is 31.4 Å². The summed E-state index contributed by atoms with van der Waals surface area (Å²) in [6.07, 6.45) is 2.60. The average molecular weight is 292 g/mol. The number of piperidine rings is 1. The van der Waals surface area contributed by atoms with E-state index in [2.05, 4.69) is 0 Å². The van der Waals surface area contributed by atoms with Crippen molar-refractivity contribution in [2.75, 3.05) is 26.8 Å². The van der Waals surface area contributed by atoms with Crippen molar-refractivity contribution in [2.45, 2.75) is 25.3 Å². The number of phenolic OH excluding ortho intramolecular Hbond substituents is 1. The van der Waals surface area contributed by atoms with Gasteiger partial charge in [0.15, 0.2) is 0 Å². The van der Waals surface area contributed by atoms with Gasteiger partial charge < -0.3 is 20.5 Å². The van der Waals surface area contributed by atoms with Crippen LogP contribution in [0.4, 0.5) is 0 Å². The van der Waals surface area contributed by atoms with Crippen LogP contribution in [0.5, 0.6) is 5.75 Å². The minimum absolute atomic E-state index is 0.00359. The molecule has 3 N–H and O–H groups in total. The van der Waals surface area contributed by atoms with Gasteiger partial charge in [-0.1, -0.05) is 12.1 Å². The molecule has 0 radical (unpaired) electrons. The number of benzene rings is 1. The van der Waals surface area contributed by atoms with E-state index in [1.807, 2.05) is 4.90 Å². The summed E-state index contributed by atoms with van der Waals surface area (Å²) < 4.78 is 5.18. The molecule has 0 saturated carbocycles. The number of carbonyl (C=O) groups is 1. The Hall–Kier alpha value is -1.59. The molecule has 1 aliphatic rings. The molecule has 5 heteroatoms. The summed E-state index contributed by atoms with van der Waals surface area (Å²) in [6, 6.07) is 6.29. The molecular weight excluding hydrogens is 268 g/mol. The Bertz CT molecular complexity index is 459. The second-order valence-corrected chi connectivity index (χ2v) is 5.72. The number of carbonyl (C=O) groups excluding carboxylic acids is 1. The number of ether oxygens (including phenoxy) is 1. The predicted molar refractivity (Wildman–Crippen MR) is 81.0 cm³/mol. The molecule has 1 saturated heterocycles. The number of amides is 1. The summed E-state index contributed by atoms with van der Waals surface area (Å²) >= 11 is 0. The van der Waals surface area contributed by atoms with Crippen molar-refractivity contribution < 1.29 is 14.6 Å². The molecule has 1 heterocycles. The third-order valence-electron chi connectivity index (χ3n) is 3.94. The summed E-state index contributed by atoms with van der Waals surface area (Å²) in [7, 11) is 1.69. The Morgan fingerprint density at radius 1 is 1.48 bits per heavy atom. The van der Waals surface area contributed by atoms with Crippen molar-refractivity contribution in [3.63, 3.8) is 0 Å². The van der Waals surface area contributed by atoms with E-state index in [9.17, 15) is 9.90 Å². The van der Waals surface area contributed by atoms with E-state index in [0.29, 0.717) is 18.9 Å². The van der Waals surface area contributed by atoms with Gasteiger partial charge in [-0.05, 0) is 42.9 Å². The van der Waals surface area contributed by atoms with Crippen LogP contribution in [0, 0.1) is 5.92 Å². The molecule has 0 spiro atoms. The smallest absolute Gasteiger partial charge is 0.239 e. The van der Waals surface area contributed by atoms with Gasteiger partial charge in [-0.15, -0.1) is 0 Å². The zero-order valence-electron chi connectivity index (χ0n) is 12.5. The summed E-state index contributed by atoms with van der Waals surface area (Å²) in [4.78, 5) is 14.3. The SMILES string of the molecule is COCC1CCCN(C(=O)C(N)Cc2ccc(O)cc2)C1. The van der Waals surface area contributed by atoms with Crippen molar-refractivity contribution in [3.8, 4) is 5.75 Å². The lowest BCUT2D eigenvalue weighted by Crippen LogP contribution is -2.49. The maximum atomic E-state index is 12.4. The highest BCUT2D eigenvalue weighted by molar-refractivity contribution is 5.82. The molecule has 116 valence electrons. The summed E-state index contributed by atoms with van der Waals surface area (Å²) in [5.41, 5.74) is 7.01. The van der Waals surface area contributed by atoms with Gasteiger partial charge in [0.25, 0.3) is 0 Å². The fourth-order valence-corrected chi connectivity index (χ4v) is 2.84. The number of phenols is 1. The van der Waals surface area contributed by atoms with Crippen molar-refractivity contribution in [3.05, 3.63) is 29.8 Å². The van der Waals surface area contributed by atoms with Crippen molar-refractivity contribution in [1.82, 2.24) is 4.90 Å². The molecular formula is C16H24N2O3. The van der Waals surface area contributed by atoms with Crippen LogP contribution in [0.2, 0.25) is 0 Å². The second-order valence-electron chi connectivity index (χ2n) is 5.72. The van der Waals surface area contributed by atoms with Gasteiger partial charge in [-0.2, -0.15) is 0 Å². The Labute approximate surface area is 125 Å². The van der Waals surface area contributed by atoms with Crippen LogP contribution in [0.15, 0.2) is 24.3 Å². The number of hydrogen-bond donors (Lipinski definition) is 2. The van der Waals surface area contributed by atoms with Gasteiger partial charge in [0.05, 0.1) is 12.6 Å². The Morgan fingerprint density at radius 3 is 2.86 bits per heavy atom. The minimum atomic E-state index is -0.532. The summed E-state index contributed by atoms with van der Waals surface area (Å²) in [5, 5.41) is 9.27. The van der Waals surface area contributed by atoms with Crippen molar-refractivity contribution >= 4 is 5.91 Å². The molecule has 1 fully saturated rings. The maximum absolute atomic E-state index is 12.4. The fraction of sp³-hybridized carbons (Fsp3) is 0.562. The number of rotatable bonds is 5. The highest BCUT2D eigenvalue weighted by Gasteiger charge is 2.27. The molecule has 0 aliphatic carbocycles. The first-order valence-electron chi connectivity index (χ1n) is 7.41. The zero-order chi connectivity index (χ0) is 15.2. The van der Waals surface area contributed by atoms with Crippen LogP contribution < -0.4 is 5.73 Å². The van der Waals surface area contributed by atoms with Gasteiger partial charge in [0, 0.05) is 20.2 Å². The molecule has 21 heavy (non-hydrogen) atoms. The van der Waals surface area contributed by atoms with Crippen LogP contribution in [0.1, 0.15) is 18.4 Å². The van der Waals surface area contributed by atoms with E-state index in [-0.39, 0.29) is 11.7 Å². The first kappa shape index (κ1) is 15.8. The van der Waals surface area contributed by atoms with E-state index in [1.165, 1.54) is 0 Å². The molecule has 2 rings (SSSR count). The monoisotopic (exact) mass is 292 g/mol. The first-order chi connectivity index (χ1) is 10.1. The lowest BCUT2D eigenvalue weighted by Gasteiger charge is -2.34. The quantitative estimate of drug-likeness (QED) is 0.853. The van der Waals surface area contributed by atoms with E-state index < -0.39 is 6.04 Å². The minimum Gasteiger partial charge on any atom is -0.508 e. The zero-order valence-corrected chi connectivity index (χ0v) is 12.5. The van der Waals surface area contributed by atoms with E-state index in [0.717, 1.165) is 31.5 Å². The van der Waals surface area contributed by atoms with Crippen LogP contribution in [0.3, 0.4) is 0 Å². The van der Waals surface area contributed by atoms with Crippen LogP contribution in [-0.2, 0) is 16.0 Å². The summed E-state index contributed by atoms with van der Waals surface area (Å²) in [5.74, 6) is 0.634. The Morgan fingerprint density at radius 2 is 2.19 bits per heavy atom. The van der Waals surface area contributed by atoms with Gasteiger partial charge in [-0.3, -0.25) is 4.79 Å². The van der Waals surface area contributed by atoms with E-state index >= 15 is 0 Å². The van der Waals surface area contributed by atoms with E-state index in [4.69, 9.17) is 10.5 Å². The maximum Gasteiger partial charge on any atom is 0.239 e. The van der Waals surface area contributed by atoms with Crippen molar-refractivity contribution in [1.29, 1.82) is 0 Å². The number of nitrogens with zero attached hydrogens (tertiary/aromatic N) is 1. The van der Waals surface area contributed by atoms with Crippen LogP contribution in [-0.4, -0.2) is 48.8 Å². The third-order valence-corrected chi connectivity index (χ3v) is 3.94. The average Bonchev–Trinajstić information content (AvgIpc) is 2.49. The lowest BCUT2D eigenvalue weighted by molar-refractivity contribution is -0.134.